The maximum atomic E-state index is 10.6. The molecule has 0 aliphatic heterocycles. The highest BCUT2D eigenvalue weighted by molar-refractivity contribution is 6.33. The summed E-state index contributed by atoms with van der Waals surface area (Å²) < 4.78 is 0. The van der Waals surface area contributed by atoms with E-state index in [0.717, 1.165) is 0 Å². The maximum Gasteiger partial charge on any atom is 0.271 e. The molecule has 0 heterocycles. The summed E-state index contributed by atoms with van der Waals surface area (Å²) in [6, 6.07) is 9.58. The summed E-state index contributed by atoms with van der Waals surface area (Å²) >= 11 is 5.53. The van der Waals surface area contributed by atoms with Gasteiger partial charge >= 0.3 is 0 Å². The molecule has 9 nitrogen and oxygen atoms in total. The Hall–Kier alpha value is -3.20. The van der Waals surface area contributed by atoms with Crippen molar-refractivity contribution >= 4 is 40.3 Å². The zero-order valence-corrected chi connectivity index (χ0v) is 13.2. The van der Waals surface area contributed by atoms with E-state index in [1.54, 1.807) is 0 Å². The lowest BCUT2D eigenvalue weighted by atomic mass is 10.3. The predicted molar refractivity (Wildman–Crippen MR) is 89.9 cm³/mol. The molecule has 10 heteroatoms. The van der Waals surface area contributed by atoms with E-state index in [2.05, 4.69) is 5.32 Å². The van der Waals surface area contributed by atoms with Crippen LogP contribution < -0.4 is 11.1 Å². The van der Waals surface area contributed by atoms with Crippen molar-refractivity contribution in [1.82, 2.24) is 0 Å². The number of rotatable bonds is 3. The molecule has 2 aromatic rings. The van der Waals surface area contributed by atoms with E-state index in [0.29, 0.717) is 11.4 Å². The number of nitrogens with two attached hydrogens (primary N) is 1. The molecule has 0 aliphatic rings. The molecule has 0 bridgehead atoms. The molecule has 0 atom stereocenters. The van der Waals surface area contributed by atoms with Gasteiger partial charge in [-0.3, -0.25) is 25.0 Å². The van der Waals surface area contributed by atoms with Crippen LogP contribution in [0.25, 0.3) is 0 Å². The highest BCUT2D eigenvalue weighted by Crippen LogP contribution is 2.23. The molecule has 0 radical (unpaired) electrons. The van der Waals surface area contributed by atoms with Crippen LogP contribution in [-0.2, 0) is 4.79 Å². The Kier molecular flexibility index (Phi) is 6.63. The zero-order chi connectivity index (χ0) is 18.3. The summed E-state index contributed by atoms with van der Waals surface area (Å²) in [7, 11) is 0. The molecule has 2 aromatic carbocycles. The van der Waals surface area contributed by atoms with Crippen LogP contribution in [0.5, 0.6) is 0 Å². The van der Waals surface area contributed by atoms with Crippen molar-refractivity contribution in [2.24, 2.45) is 0 Å². The average molecular weight is 353 g/mol. The molecule has 0 saturated carbocycles. The van der Waals surface area contributed by atoms with Crippen LogP contribution in [-0.4, -0.2) is 15.8 Å². The first-order valence-electron chi connectivity index (χ1n) is 6.42. The Morgan fingerprint density at radius 2 is 1.54 bits per heavy atom. The largest absolute Gasteiger partial charge is 0.398 e. The minimum absolute atomic E-state index is 0.00843. The van der Waals surface area contributed by atoms with Crippen molar-refractivity contribution in [3.05, 3.63) is 67.7 Å². The first kappa shape index (κ1) is 18.8. The minimum atomic E-state index is -0.522. The third kappa shape index (κ3) is 5.89. The number of carbonyl (C=O) groups is 1. The number of benzene rings is 2. The Labute approximate surface area is 141 Å². The first-order chi connectivity index (χ1) is 11.2. The summed E-state index contributed by atoms with van der Waals surface area (Å²) in [5.41, 5.74) is 6.19. The van der Waals surface area contributed by atoms with Gasteiger partial charge in [0.05, 0.1) is 20.6 Å². The number of carbonyl (C=O) groups excluding carboxylic acids is 1. The smallest absolute Gasteiger partial charge is 0.271 e. The number of hydrogen-bond donors (Lipinski definition) is 2. The summed E-state index contributed by atoms with van der Waals surface area (Å²) in [6.07, 6.45) is 0. The van der Waals surface area contributed by atoms with Crippen molar-refractivity contribution in [1.29, 1.82) is 0 Å². The molecule has 0 saturated heterocycles. The predicted octanol–water partition coefficient (Wildman–Crippen LogP) is 3.38. The molecule has 0 fully saturated rings. The number of nitrogen functional groups attached to an aromatic ring is 1. The number of nitro benzene ring substituents is 2. The molecule has 0 aliphatic carbocycles. The molecule has 2 rings (SSSR count). The highest BCUT2D eigenvalue weighted by atomic mass is 35.5. The number of nitro groups is 2. The van der Waals surface area contributed by atoms with Crippen molar-refractivity contribution < 1.29 is 14.6 Å². The van der Waals surface area contributed by atoms with Crippen LogP contribution in [0.3, 0.4) is 0 Å². The summed E-state index contributed by atoms with van der Waals surface area (Å²) in [5.74, 6) is -0.200. The second-order valence-electron chi connectivity index (χ2n) is 4.45. The minimum Gasteiger partial charge on any atom is -0.398 e. The normalized spacial score (nSPS) is 9.42. The lowest BCUT2D eigenvalue weighted by Gasteiger charge is -1.99. The summed E-state index contributed by atoms with van der Waals surface area (Å²) in [5, 5.41) is 23.1. The lowest BCUT2D eigenvalue weighted by molar-refractivity contribution is -0.385. The van der Waals surface area contributed by atoms with Gasteiger partial charge in [0, 0.05) is 36.9 Å². The SMILES string of the molecule is CC(=O)Nc1ccc([N+](=O)[O-])cc1.Nc1ccc([N+](=O)[O-])cc1Cl. The fourth-order valence-electron chi connectivity index (χ4n) is 1.50. The maximum absolute atomic E-state index is 10.6. The van der Waals surface area contributed by atoms with Crippen molar-refractivity contribution in [2.45, 2.75) is 6.92 Å². The van der Waals surface area contributed by atoms with Crippen LogP contribution in [0.15, 0.2) is 42.5 Å². The number of nitrogens with one attached hydrogen (secondary N) is 1. The number of nitrogens with zero attached hydrogens (tertiary/aromatic N) is 2. The second kappa shape index (κ2) is 8.44. The lowest BCUT2D eigenvalue weighted by Crippen LogP contribution is -2.05. The van der Waals surface area contributed by atoms with Crippen molar-refractivity contribution in [3.63, 3.8) is 0 Å². The summed E-state index contributed by atoms with van der Waals surface area (Å²) in [4.78, 5) is 30.0. The number of non-ortho nitro benzene ring substituents is 2. The van der Waals surface area contributed by atoms with Gasteiger partial charge in [-0.25, -0.2) is 0 Å². The first-order valence-corrected chi connectivity index (χ1v) is 6.80. The molecule has 3 N–H and O–H groups in total. The number of amides is 1. The van der Waals surface area contributed by atoms with Gasteiger partial charge in [0.15, 0.2) is 0 Å². The third-order valence-electron chi connectivity index (χ3n) is 2.59. The van der Waals surface area contributed by atoms with Crippen LogP contribution in [0, 0.1) is 20.2 Å². The van der Waals surface area contributed by atoms with Gasteiger partial charge in [-0.2, -0.15) is 0 Å². The van der Waals surface area contributed by atoms with Crippen LogP contribution in [0.2, 0.25) is 5.02 Å². The third-order valence-corrected chi connectivity index (χ3v) is 2.92. The van der Waals surface area contributed by atoms with Crippen LogP contribution in [0.4, 0.5) is 22.7 Å². The van der Waals surface area contributed by atoms with E-state index in [1.807, 2.05) is 0 Å². The van der Waals surface area contributed by atoms with Gasteiger partial charge in [0.25, 0.3) is 11.4 Å². The van der Waals surface area contributed by atoms with Crippen molar-refractivity contribution in [2.75, 3.05) is 11.1 Å². The molecular weight excluding hydrogens is 340 g/mol. The van der Waals surface area contributed by atoms with E-state index >= 15 is 0 Å². The molecule has 0 spiro atoms. The van der Waals surface area contributed by atoms with Crippen LogP contribution >= 0.6 is 11.6 Å². The fourth-order valence-corrected chi connectivity index (χ4v) is 1.67. The quantitative estimate of drug-likeness (QED) is 0.492. The monoisotopic (exact) mass is 352 g/mol. The van der Waals surface area contributed by atoms with Crippen LogP contribution in [0.1, 0.15) is 6.92 Å². The number of anilines is 2. The molecular formula is C14H13ClN4O5. The van der Waals surface area contributed by atoms with Gasteiger partial charge < -0.3 is 11.1 Å². The Morgan fingerprint density at radius 1 is 1.04 bits per heavy atom. The molecule has 126 valence electrons. The Balaban J connectivity index is 0.000000243. The fraction of sp³-hybridized carbons (Fsp3) is 0.0714. The van der Waals surface area contributed by atoms with Gasteiger partial charge in [0.2, 0.25) is 5.91 Å². The van der Waals surface area contributed by atoms with Crippen molar-refractivity contribution in [3.8, 4) is 0 Å². The van der Waals surface area contributed by atoms with E-state index in [1.165, 1.54) is 49.4 Å². The second-order valence-corrected chi connectivity index (χ2v) is 4.86. The standard InChI is InChI=1S/C8H8N2O3.C6H5ClN2O2/c1-6(11)9-7-2-4-8(5-3-7)10(12)13;7-5-3-4(9(10)11)1-2-6(5)8/h2-5H,1H3,(H,9,11);1-3H,8H2. The molecule has 24 heavy (non-hydrogen) atoms. The highest BCUT2D eigenvalue weighted by Gasteiger charge is 2.06. The van der Waals surface area contributed by atoms with E-state index in [4.69, 9.17) is 17.3 Å². The van der Waals surface area contributed by atoms with Gasteiger partial charge in [-0.05, 0) is 18.2 Å². The molecule has 0 unspecified atom stereocenters. The van der Waals surface area contributed by atoms with Gasteiger partial charge in [-0.15, -0.1) is 0 Å². The zero-order valence-electron chi connectivity index (χ0n) is 12.4. The van der Waals surface area contributed by atoms with Gasteiger partial charge in [0.1, 0.15) is 0 Å². The Morgan fingerprint density at radius 3 is 1.96 bits per heavy atom. The number of halogens is 1. The van der Waals surface area contributed by atoms with E-state index < -0.39 is 9.85 Å². The topological polar surface area (TPSA) is 141 Å². The van der Waals surface area contributed by atoms with E-state index in [9.17, 15) is 25.0 Å². The Bertz CT molecular complexity index is 764. The molecule has 0 aromatic heterocycles. The number of hydrogen-bond acceptors (Lipinski definition) is 6. The van der Waals surface area contributed by atoms with Gasteiger partial charge in [-0.1, -0.05) is 11.6 Å². The van der Waals surface area contributed by atoms with E-state index in [-0.39, 0.29) is 22.3 Å². The molecule has 1 amide bonds. The summed E-state index contributed by atoms with van der Waals surface area (Å²) in [6.45, 7) is 1.38. The average Bonchev–Trinajstić information content (AvgIpc) is 2.50.